The number of amides is 2. The predicted octanol–water partition coefficient (Wildman–Crippen LogP) is 2.98. The third kappa shape index (κ3) is 5.21. The Labute approximate surface area is 175 Å². The molecule has 0 radical (unpaired) electrons. The number of urea groups is 1. The van der Waals surface area contributed by atoms with Gasteiger partial charge in [0.15, 0.2) is 0 Å². The van der Waals surface area contributed by atoms with Crippen LogP contribution in [0.5, 0.6) is 5.75 Å². The Bertz CT molecular complexity index is 890. The number of esters is 1. The molecule has 1 aliphatic rings. The molecule has 1 aliphatic heterocycles. The molecule has 1 aromatic heterocycles. The maximum absolute atomic E-state index is 12.7. The first-order chi connectivity index (χ1) is 14.5. The highest BCUT2D eigenvalue weighted by molar-refractivity contribution is 5.95. The Hall–Kier alpha value is -3.26. The maximum Gasteiger partial charge on any atom is 0.338 e. The normalized spacial score (nSPS) is 16.3. The first-order valence-electron chi connectivity index (χ1n) is 9.93. The Morgan fingerprint density at radius 2 is 1.90 bits per heavy atom. The van der Waals surface area contributed by atoms with Gasteiger partial charge in [0.25, 0.3) is 0 Å². The van der Waals surface area contributed by atoms with E-state index in [0.29, 0.717) is 36.7 Å². The molecule has 1 aromatic carbocycles. The number of nitrogens with zero attached hydrogens (tertiary/aromatic N) is 1. The Kier molecular flexibility index (Phi) is 7.13. The van der Waals surface area contributed by atoms with Crippen molar-refractivity contribution in [3.05, 3.63) is 65.3 Å². The van der Waals surface area contributed by atoms with Gasteiger partial charge in [0.2, 0.25) is 0 Å². The number of furan rings is 1. The van der Waals surface area contributed by atoms with E-state index in [4.69, 9.17) is 13.9 Å². The Morgan fingerprint density at radius 3 is 2.53 bits per heavy atom. The quantitative estimate of drug-likeness (QED) is 0.614. The minimum atomic E-state index is -0.707. The molecule has 160 valence electrons. The molecular weight excluding hydrogens is 386 g/mol. The molecule has 2 heterocycles. The van der Waals surface area contributed by atoms with E-state index in [2.05, 4.69) is 10.6 Å². The molecule has 2 aromatic rings. The summed E-state index contributed by atoms with van der Waals surface area (Å²) in [5.41, 5.74) is 1.92. The minimum Gasteiger partial charge on any atom is -0.494 e. The topological polar surface area (TPSA) is 93.0 Å². The molecule has 0 saturated heterocycles. The third-order valence-electron chi connectivity index (χ3n) is 4.59. The van der Waals surface area contributed by atoms with Crippen LogP contribution in [-0.2, 0) is 16.1 Å². The van der Waals surface area contributed by atoms with Crippen molar-refractivity contribution in [2.24, 2.45) is 0 Å². The van der Waals surface area contributed by atoms with Gasteiger partial charge < -0.3 is 24.5 Å². The molecule has 1 atom stereocenters. The zero-order valence-corrected chi connectivity index (χ0v) is 17.4. The number of ether oxygens (including phenoxy) is 2. The van der Waals surface area contributed by atoms with Crippen LogP contribution in [0.25, 0.3) is 0 Å². The van der Waals surface area contributed by atoms with Crippen molar-refractivity contribution in [3.63, 3.8) is 0 Å². The minimum absolute atomic E-state index is 0.233. The van der Waals surface area contributed by atoms with Gasteiger partial charge in [0, 0.05) is 18.8 Å². The Balaban J connectivity index is 1.82. The van der Waals surface area contributed by atoms with E-state index < -0.39 is 18.0 Å². The van der Waals surface area contributed by atoms with Gasteiger partial charge in [-0.2, -0.15) is 0 Å². The first kappa shape index (κ1) is 21.4. The van der Waals surface area contributed by atoms with Crippen molar-refractivity contribution >= 4 is 12.0 Å². The second-order valence-electron chi connectivity index (χ2n) is 6.91. The molecule has 0 fully saturated rings. The highest BCUT2D eigenvalue weighted by Crippen LogP contribution is 2.28. The zero-order valence-electron chi connectivity index (χ0n) is 17.4. The molecule has 0 unspecified atom stereocenters. The van der Waals surface area contributed by atoms with Crippen LogP contribution >= 0.6 is 0 Å². The molecule has 8 heteroatoms. The van der Waals surface area contributed by atoms with Crippen molar-refractivity contribution in [3.8, 4) is 5.75 Å². The summed E-state index contributed by atoms with van der Waals surface area (Å²) in [7, 11) is 1.92. The van der Waals surface area contributed by atoms with Crippen LogP contribution in [0.2, 0.25) is 0 Å². The number of hydrogen-bond donors (Lipinski definition) is 2. The summed E-state index contributed by atoms with van der Waals surface area (Å²) in [5, 5.41) is 5.51. The van der Waals surface area contributed by atoms with E-state index in [-0.39, 0.29) is 6.61 Å². The average Bonchev–Trinajstić information content (AvgIpc) is 3.24. The summed E-state index contributed by atoms with van der Waals surface area (Å²) < 4.78 is 16.2. The van der Waals surface area contributed by atoms with Crippen LogP contribution in [-0.4, -0.2) is 43.7 Å². The molecule has 8 nitrogen and oxygen atoms in total. The van der Waals surface area contributed by atoms with Gasteiger partial charge in [0.1, 0.15) is 17.6 Å². The first-order valence-corrected chi connectivity index (χ1v) is 9.93. The number of carbonyl (C=O) groups is 2. The average molecular weight is 413 g/mol. The van der Waals surface area contributed by atoms with E-state index in [1.165, 1.54) is 6.26 Å². The molecule has 2 N–H and O–H groups in total. The van der Waals surface area contributed by atoms with Gasteiger partial charge in [-0.3, -0.25) is 4.90 Å². The van der Waals surface area contributed by atoms with Crippen LogP contribution in [0, 0.1) is 0 Å². The fraction of sp³-hybridized carbons (Fsp3) is 0.364. The number of hydrogen-bond acceptors (Lipinski definition) is 6. The van der Waals surface area contributed by atoms with Crippen LogP contribution in [0.3, 0.4) is 0 Å². The summed E-state index contributed by atoms with van der Waals surface area (Å²) in [6.45, 7) is 5.52. The van der Waals surface area contributed by atoms with Crippen molar-refractivity contribution in [2.45, 2.75) is 26.4 Å². The van der Waals surface area contributed by atoms with E-state index in [0.717, 1.165) is 11.3 Å². The lowest BCUT2D eigenvalue weighted by atomic mass is 10.00. The summed E-state index contributed by atoms with van der Waals surface area (Å²) in [5.74, 6) is 0.804. The lowest BCUT2D eigenvalue weighted by Gasteiger charge is -2.30. The molecule has 30 heavy (non-hydrogen) atoms. The third-order valence-corrected chi connectivity index (χ3v) is 4.59. The number of benzene rings is 1. The van der Waals surface area contributed by atoms with Gasteiger partial charge in [-0.25, -0.2) is 9.59 Å². The van der Waals surface area contributed by atoms with E-state index in [9.17, 15) is 9.59 Å². The van der Waals surface area contributed by atoms with Crippen LogP contribution in [0.1, 0.15) is 31.2 Å². The summed E-state index contributed by atoms with van der Waals surface area (Å²) >= 11 is 0. The summed E-state index contributed by atoms with van der Waals surface area (Å²) in [6, 6.07) is 10.2. The molecule has 0 bridgehead atoms. The van der Waals surface area contributed by atoms with E-state index in [1.807, 2.05) is 43.1 Å². The zero-order chi connectivity index (χ0) is 21.5. The lowest BCUT2D eigenvalue weighted by Crippen LogP contribution is -2.48. The molecule has 0 saturated carbocycles. The van der Waals surface area contributed by atoms with Gasteiger partial charge in [-0.05, 0) is 50.7 Å². The number of rotatable bonds is 9. The largest absolute Gasteiger partial charge is 0.494 e. The molecule has 0 spiro atoms. The fourth-order valence-electron chi connectivity index (χ4n) is 3.36. The van der Waals surface area contributed by atoms with Gasteiger partial charge >= 0.3 is 12.0 Å². The van der Waals surface area contributed by atoms with Crippen molar-refractivity contribution in [1.82, 2.24) is 15.5 Å². The van der Waals surface area contributed by atoms with Gasteiger partial charge in [0.05, 0.1) is 25.1 Å². The second-order valence-corrected chi connectivity index (χ2v) is 6.91. The van der Waals surface area contributed by atoms with Crippen molar-refractivity contribution in [2.75, 3.05) is 26.8 Å². The molecular formula is C22H27N3O5. The number of nitrogens with one attached hydrogen (secondary N) is 2. The van der Waals surface area contributed by atoms with Crippen LogP contribution in [0.4, 0.5) is 4.79 Å². The maximum atomic E-state index is 12.7. The Morgan fingerprint density at radius 1 is 1.13 bits per heavy atom. The van der Waals surface area contributed by atoms with Crippen LogP contribution in [0.15, 0.2) is 58.3 Å². The monoisotopic (exact) mass is 413 g/mol. The van der Waals surface area contributed by atoms with Crippen LogP contribution < -0.4 is 15.4 Å². The fourth-order valence-corrected chi connectivity index (χ4v) is 3.36. The SMILES string of the molecule is CCOC(=O)C1=C(CN(C)Cc2ccc(OCC)cc2)NC(=O)N[C@@H]1c1ccco1. The van der Waals surface area contributed by atoms with E-state index in [1.54, 1.807) is 19.1 Å². The van der Waals surface area contributed by atoms with Crippen molar-refractivity contribution < 1.29 is 23.5 Å². The van der Waals surface area contributed by atoms with Gasteiger partial charge in [-0.1, -0.05) is 12.1 Å². The van der Waals surface area contributed by atoms with E-state index >= 15 is 0 Å². The highest BCUT2D eigenvalue weighted by atomic mass is 16.5. The molecule has 0 aliphatic carbocycles. The molecule has 2 amide bonds. The summed E-state index contributed by atoms with van der Waals surface area (Å²) in [4.78, 5) is 27.0. The highest BCUT2D eigenvalue weighted by Gasteiger charge is 2.35. The van der Waals surface area contributed by atoms with Crippen molar-refractivity contribution in [1.29, 1.82) is 0 Å². The second kappa shape index (κ2) is 9.98. The number of likely N-dealkylation sites (N-methyl/N-ethyl adjacent to an activating group) is 1. The predicted molar refractivity (Wildman–Crippen MR) is 111 cm³/mol. The smallest absolute Gasteiger partial charge is 0.338 e. The summed E-state index contributed by atoms with van der Waals surface area (Å²) in [6.07, 6.45) is 1.50. The van der Waals surface area contributed by atoms with Gasteiger partial charge in [-0.15, -0.1) is 0 Å². The lowest BCUT2D eigenvalue weighted by molar-refractivity contribution is -0.139. The number of carbonyl (C=O) groups excluding carboxylic acids is 2. The molecule has 3 rings (SSSR count). The standard InChI is InChI=1S/C22H27N3O5/c1-4-28-16-10-8-15(9-11-16)13-25(3)14-17-19(21(26)29-5-2)20(24-22(27)23-17)18-7-6-12-30-18/h6-12,20H,4-5,13-14H2,1-3H3,(H2,23,24,27)/t20-/m1/s1.